The van der Waals surface area contributed by atoms with Gasteiger partial charge < -0.3 is 28.8 Å². The third kappa shape index (κ3) is 2.35. The molecule has 1 aromatic rings. The normalized spacial score (nSPS) is 45.1. The van der Waals surface area contributed by atoms with E-state index in [0.29, 0.717) is 13.2 Å². The maximum atomic E-state index is 11.7. The maximum absolute atomic E-state index is 11.7. The van der Waals surface area contributed by atoms with Gasteiger partial charge in [0, 0.05) is 12.8 Å². The van der Waals surface area contributed by atoms with E-state index in [1.54, 1.807) is 0 Å². The molecule has 1 aromatic carbocycles. The van der Waals surface area contributed by atoms with Gasteiger partial charge in [-0.15, -0.1) is 0 Å². The standard InChI is InChI=1S/C19H22O7/c1-10(21)24-16-13-14(19(9-20)17(16)26-19)18-23-8-12(25-18)15(13)22-7-11-5-3-2-4-6-11/h2-6,12-18,20H,7-9H2,1H3/t12-,13+,14-,15-,16-,17+,18-,19-/m1/s1. The summed E-state index contributed by atoms with van der Waals surface area (Å²) in [6.45, 7) is 2.09. The van der Waals surface area contributed by atoms with Crippen LogP contribution in [0.2, 0.25) is 0 Å². The molecule has 4 fully saturated rings. The monoisotopic (exact) mass is 362 g/mol. The molecule has 3 saturated heterocycles. The van der Waals surface area contributed by atoms with Crippen molar-refractivity contribution < 1.29 is 33.6 Å². The van der Waals surface area contributed by atoms with Crippen molar-refractivity contribution in [1.29, 1.82) is 0 Å². The van der Waals surface area contributed by atoms with Gasteiger partial charge in [0.05, 0.1) is 31.8 Å². The Morgan fingerprint density at radius 3 is 2.85 bits per heavy atom. The fourth-order valence-electron chi connectivity index (χ4n) is 4.95. The summed E-state index contributed by atoms with van der Waals surface area (Å²) in [6, 6.07) is 9.90. The van der Waals surface area contributed by atoms with Gasteiger partial charge in [-0.3, -0.25) is 4.79 Å². The molecule has 1 saturated carbocycles. The summed E-state index contributed by atoms with van der Waals surface area (Å²) in [5, 5.41) is 9.96. The Morgan fingerprint density at radius 1 is 1.31 bits per heavy atom. The van der Waals surface area contributed by atoms with Crippen LogP contribution in [0.5, 0.6) is 0 Å². The Hall–Kier alpha value is -1.51. The van der Waals surface area contributed by atoms with Gasteiger partial charge in [0.1, 0.15) is 23.9 Å². The molecule has 4 aliphatic rings. The number of aliphatic hydroxyl groups is 1. The lowest BCUT2D eigenvalue weighted by Gasteiger charge is -2.42. The van der Waals surface area contributed by atoms with Crippen molar-refractivity contribution in [1.82, 2.24) is 0 Å². The van der Waals surface area contributed by atoms with E-state index in [4.69, 9.17) is 23.7 Å². The van der Waals surface area contributed by atoms with E-state index in [1.165, 1.54) is 6.92 Å². The number of ether oxygens (including phenoxy) is 5. The number of fused-ring (bicyclic) bond motifs is 6. The highest BCUT2D eigenvalue weighted by molar-refractivity contribution is 5.66. The number of benzene rings is 1. The number of hydrogen-bond acceptors (Lipinski definition) is 7. The molecule has 5 rings (SSSR count). The zero-order chi connectivity index (χ0) is 17.9. The highest BCUT2D eigenvalue weighted by atomic mass is 16.7. The first-order valence-corrected chi connectivity index (χ1v) is 9.02. The molecule has 0 aromatic heterocycles. The van der Waals surface area contributed by atoms with E-state index in [-0.39, 0.29) is 42.7 Å². The van der Waals surface area contributed by atoms with Gasteiger partial charge in [-0.2, -0.15) is 0 Å². The van der Waals surface area contributed by atoms with Crippen LogP contribution >= 0.6 is 0 Å². The van der Waals surface area contributed by atoms with Gasteiger partial charge in [0.25, 0.3) is 0 Å². The van der Waals surface area contributed by atoms with Crippen LogP contribution in [-0.2, 0) is 35.1 Å². The van der Waals surface area contributed by atoms with Crippen molar-refractivity contribution in [3.63, 3.8) is 0 Å². The fraction of sp³-hybridized carbons (Fsp3) is 0.632. The smallest absolute Gasteiger partial charge is 0.303 e. The molecule has 140 valence electrons. The van der Waals surface area contributed by atoms with Gasteiger partial charge in [-0.1, -0.05) is 30.3 Å². The van der Waals surface area contributed by atoms with Crippen molar-refractivity contribution in [3.05, 3.63) is 35.9 Å². The topological polar surface area (TPSA) is 86.8 Å². The number of esters is 1. The third-order valence-corrected chi connectivity index (χ3v) is 6.03. The van der Waals surface area contributed by atoms with Crippen LogP contribution in [0.3, 0.4) is 0 Å². The molecule has 0 unspecified atom stereocenters. The van der Waals surface area contributed by atoms with Crippen molar-refractivity contribution >= 4 is 5.97 Å². The largest absolute Gasteiger partial charge is 0.459 e. The van der Waals surface area contributed by atoms with E-state index in [9.17, 15) is 9.90 Å². The van der Waals surface area contributed by atoms with Crippen LogP contribution < -0.4 is 0 Å². The summed E-state index contributed by atoms with van der Waals surface area (Å²) in [5.74, 6) is -0.708. The molecule has 3 aliphatic heterocycles. The molecule has 7 heteroatoms. The molecule has 3 heterocycles. The summed E-state index contributed by atoms with van der Waals surface area (Å²) in [5.41, 5.74) is 0.296. The minimum Gasteiger partial charge on any atom is -0.459 e. The minimum atomic E-state index is -0.765. The molecule has 0 amide bonds. The minimum absolute atomic E-state index is 0.125. The third-order valence-electron chi connectivity index (χ3n) is 6.03. The van der Waals surface area contributed by atoms with Crippen LogP contribution in [0, 0.1) is 11.8 Å². The SMILES string of the molecule is CC(=O)O[C@@H]1[C@@H]2[C@H](OCc3ccccc3)[C@H]3CO[C@H](O3)[C@@H]2[C@@]2(CO)O[C@@H]12. The zero-order valence-electron chi connectivity index (χ0n) is 14.4. The molecule has 8 atom stereocenters. The van der Waals surface area contributed by atoms with Crippen LogP contribution in [0.25, 0.3) is 0 Å². The number of epoxide rings is 1. The predicted molar refractivity (Wildman–Crippen MR) is 86.9 cm³/mol. The fourth-order valence-corrected chi connectivity index (χ4v) is 4.95. The van der Waals surface area contributed by atoms with Crippen LogP contribution in [0.1, 0.15) is 12.5 Å². The molecule has 26 heavy (non-hydrogen) atoms. The molecule has 1 N–H and O–H groups in total. The maximum Gasteiger partial charge on any atom is 0.303 e. The quantitative estimate of drug-likeness (QED) is 0.607. The Morgan fingerprint density at radius 2 is 2.12 bits per heavy atom. The second-order valence-electron chi connectivity index (χ2n) is 7.47. The van der Waals surface area contributed by atoms with E-state index in [2.05, 4.69) is 0 Å². The summed E-state index contributed by atoms with van der Waals surface area (Å²) in [6.07, 6.45) is -1.75. The number of aliphatic hydroxyl groups excluding tert-OH is 1. The molecular formula is C19H22O7. The average Bonchev–Trinajstić information content (AvgIpc) is 3.14. The summed E-state index contributed by atoms with van der Waals surface area (Å²) < 4.78 is 29.5. The molecule has 7 nitrogen and oxygen atoms in total. The van der Waals surface area contributed by atoms with Crippen LogP contribution in [0.15, 0.2) is 30.3 Å². The number of carbonyl (C=O) groups is 1. The number of rotatable bonds is 5. The predicted octanol–water partition coefficient (Wildman–Crippen LogP) is 0.634. The molecular weight excluding hydrogens is 340 g/mol. The Kier molecular flexibility index (Phi) is 3.84. The van der Waals surface area contributed by atoms with Crippen molar-refractivity contribution in [2.24, 2.45) is 11.8 Å². The van der Waals surface area contributed by atoms with E-state index >= 15 is 0 Å². The average molecular weight is 362 g/mol. The van der Waals surface area contributed by atoms with Gasteiger partial charge in [0.2, 0.25) is 0 Å². The lowest BCUT2D eigenvalue weighted by molar-refractivity contribution is -0.230. The van der Waals surface area contributed by atoms with Gasteiger partial charge >= 0.3 is 5.97 Å². The lowest BCUT2D eigenvalue weighted by atomic mass is 9.80. The van der Waals surface area contributed by atoms with Gasteiger partial charge in [0.15, 0.2) is 6.29 Å². The van der Waals surface area contributed by atoms with Gasteiger partial charge in [-0.05, 0) is 5.56 Å². The lowest BCUT2D eigenvalue weighted by Crippen LogP contribution is -2.54. The van der Waals surface area contributed by atoms with Crippen molar-refractivity contribution in [2.75, 3.05) is 13.2 Å². The Bertz CT molecular complexity index is 694. The Balaban J connectivity index is 1.43. The van der Waals surface area contributed by atoms with E-state index < -0.39 is 18.0 Å². The first-order valence-electron chi connectivity index (χ1n) is 9.02. The second kappa shape index (κ2) is 6.00. The highest BCUT2D eigenvalue weighted by Crippen LogP contribution is 2.63. The van der Waals surface area contributed by atoms with E-state index in [1.807, 2.05) is 30.3 Å². The van der Waals surface area contributed by atoms with E-state index in [0.717, 1.165) is 5.56 Å². The van der Waals surface area contributed by atoms with Crippen LogP contribution in [0.4, 0.5) is 0 Å². The molecule has 2 bridgehead atoms. The molecule has 0 radical (unpaired) electrons. The van der Waals surface area contributed by atoms with Crippen molar-refractivity contribution in [2.45, 2.75) is 49.8 Å². The van der Waals surface area contributed by atoms with Crippen molar-refractivity contribution in [3.8, 4) is 0 Å². The first kappa shape index (κ1) is 16.6. The number of carbonyl (C=O) groups excluding carboxylic acids is 1. The first-order chi connectivity index (χ1) is 12.6. The van der Waals surface area contributed by atoms with Gasteiger partial charge in [-0.25, -0.2) is 0 Å². The van der Waals surface area contributed by atoms with Crippen LogP contribution in [-0.4, -0.2) is 60.6 Å². The summed E-state index contributed by atoms with van der Waals surface area (Å²) in [4.78, 5) is 11.7. The molecule has 0 spiro atoms. The Labute approximate surface area is 151 Å². The number of hydrogen-bond donors (Lipinski definition) is 1. The molecule has 1 aliphatic carbocycles. The highest BCUT2D eigenvalue weighted by Gasteiger charge is 2.80. The summed E-state index contributed by atoms with van der Waals surface area (Å²) >= 11 is 0. The zero-order valence-corrected chi connectivity index (χ0v) is 14.4. The second-order valence-corrected chi connectivity index (χ2v) is 7.47. The summed E-state index contributed by atoms with van der Waals surface area (Å²) in [7, 11) is 0.